The van der Waals surface area contributed by atoms with Gasteiger partial charge in [0.1, 0.15) is 6.29 Å². The first kappa shape index (κ1) is 8.17. The zero-order valence-electron chi connectivity index (χ0n) is 6.83. The second kappa shape index (κ2) is 1.81. The van der Waals surface area contributed by atoms with Crippen molar-refractivity contribution >= 4 is 6.29 Å². The van der Waals surface area contributed by atoms with Gasteiger partial charge in [-0.15, -0.1) is 0 Å². The molecule has 1 fully saturated rings. The van der Waals surface area contributed by atoms with Gasteiger partial charge in [-0.2, -0.15) is 0 Å². The zero-order chi connectivity index (χ0) is 8.86. The fourth-order valence-electron chi connectivity index (χ4n) is 1.65. The van der Waals surface area contributed by atoms with Gasteiger partial charge in [-0.25, -0.2) is 0 Å². The standard InChI is InChI=1S/C7H11NO3/c1-6(2)5(4-9)7(6,3)8(10)11/h4-5H,1-3H3/t5-,7+/m1/s1. The summed E-state index contributed by atoms with van der Waals surface area (Å²) in [6.07, 6.45) is 0.683. The van der Waals surface area contributed by atoms with Crippen LogP contribution in [0.15, 0.2) is 0 Å². The number of rotatable bonds is 2. The summed E-state index contributed by atoms with van der Waals surface area (Å²) in [6, 6.07) is 0. The summed E-state index contributed by atoms with van der Waals surface area (Å²) in [7, 11) is 0. The van der Waals surface area contributed by atoms with Gasteiger partial charge >= 0.3 is 0 Å². The largest absolute Gasteiger partial charge is 0.303 e. The van der Waals surface area contributed by atoms with Crippen LogP contribution in [0, 0.1) is 21.4 Å². The van der Waals surface area contributed by atoms with Crippen molar-refractivity contribution in [2.75, 3.05) is 0 Å². The molecule has 1 aliphatic carbocycles. The molecule has 0 bridgehead atoms. The fourth-order valence-corrected chi connectivity index (χ4v) is 1.65. The van der Waals surface area contributed by atoms with Crippen LogP contribution >= 0.6 is 0 Å². The van der Waals surface area contributed by atoms with Crippen LogP contribution < -0.4 is 0 Å². The van der Waals surface area contributed by atoms with Crippen molar-refractivity contribution < 1.29 is 9.72 Å². The Labute approximate surface area is 64.7 Å². The summed E-state index contributed by atoms with van der Waals surface area (Å²) in [5.41, 5.74) is -1.51. The first-order chi connectivity index (χ1) is 4.89. The molecular formula is C7H11NO3. The Morgan fingerprint density at radius 1 is 1.45 bits per heavy atom. The molecule has 0 saturated heterocycles. The van der Waals surface area contributed by atoms with Crippen LogP contribution in [-0.2, 0) is 4.79 Å². The minimum absolute atomic E-state index is 0.355. The molecule has 0 aliphatic heterocycles. The van der Waals surface area contributed by atoms with E-state index >= 15 is 0 Å². The fraction of sp³-hybridized carbons (Fsp3) is 0.857. The van der Waals surface area contributed by atoms with Crippen molar-refractivity contribution in [2.24, 2.45) is 11.3 Å². The third-order valence-electron chi connectivity index (χ3n) is 3.12. The zero-order valence-corrected chi connectivity index (χ0v) is 6.83. The Morgan fingerprint density at radius 2 is 1.91 bits per heavy atom. The minimum atomic E-state index is -1.03. The minimum Gasteiger partial charge on any atom is -0.303 e. The lowest BCUT2D eigenvalue weighted by Gasteiger charge is -2.03. The summed E-state index contributed by atoms with van der Waals surface area (Å²) < 4.78 is 0. The van der Waals surface area contributed by atoms with Crippen LogP contribution in [0.25, 0.3) is 0 Å². The van der Waals surface area contributed by atoms with Crippen molar-refractivity contribution in [1.29, 1.82) is 0 Å². The van der Waals surface area contributed by atoms with E-state index in [0.29, 0.717) is 6.29 Å². The molecule has 0 N–H and O–H groups in total. The number of hydrogen-bond acceptors (Lipinski definition) is 3. The molecule has 0 unspecified atom stereocenters. The highest BCUT2D eigenvalue weighted by molar-refractivity contribution is 5.64. The van der Waals surface area contributed by atoms with Gasteiger partial charge in [-0.05, 0) is 0 Å². The third-order valence-corrected chi connectivity index (χ3v) is 3.12. The third kappa shape index (κ3) is 0.667. The van der Waals surface area contributed by atoms with Crippen molar-refractivity contribution in [3.05, 3.63) is 10.1 Å². The molecule has 0 radical (unpaired) electrons. The van der Waals surface area contributed by atoms with E-state index in [1.165, 1.54) is 6.92 Å². The maximum atomic E-state index is 10.5. The van der Waals surface area contributed by atoms with Crippen LogP contribution in [-0.4, -0.2) is 16.7 Å². The van der Waals surface area contributed by atoms with Crippen LogP contribution in [0.4, 0.5) is 0 Å². The van der Waals surface area contributed by atoms with Gasteiger partial charge in [0.15, 0.2) is 0 Å². The van der Waals surface area contributed by atoms with E-state index in [1.54, 1.807) is 13.8 Å². The molecule has 0 aromatic heterocycles. The number of carbonyl (C=O) groups is 1. The van der Waals surface area contributed by atoms with E-state index in [0.717, 1.165) is 0 Å². The molecule has 1 saturated carbocycles. The molecule has 1 aliphatic rings. The van der Waals surface area contributed by atoms with Crippen LogP contribution in [0.5, 0.6) is 0 Å². The van der Waals surface area contributed by atoms with Crippen LogP contribution in [0.2, 0.25) is 0 Å². The van der Waals surface area contributed by atoms with E-state index in [9.17, 15) is 14.9 Å². The van der Waals surface area contributed by atoms with E-state index in [-0.39, 0.29) is 4.92 Å². The number of aldehydes is 1. The Bertz CT molecular complexity index is 224. The van der Waals surface area contributed by atoms with Crippen molar-refractivity contribution in [3.63, 3.8) is 0 Å². The molecule has 1 rings (SSSR count). The van der Waals surface area contributed by atoms with Gasteiger partial charge in [0.25, 0.3) is 0 Å². The van der Waals surface area contributed by atoms with Crippen LogP contribution in [0.1, 0.15) is 20.8 Å². The normalized spacial score (nSPS) is 39.7. The van der Waals surface area contributed by atoms with E-state index in [4.69, 9.17) is 0 Å². The van der Waals surface area contributed by atoms with Crippen molar-refractivity contribution in [1.82, 2.24) is 0 Å². The predicted molar refractivity (Wildman–Crippen MR) is 38.7 cm³/mol. The topological polar surface area (TPSA) is 60.2 Å². The SMILES string of the molecule is CC1(C)[C@@H](C=O)[C@]1(C)[N+](=O)[O-]. The van der Waals surface area contributed by atoms with Crippen LogP contribution in [0.3, 0.4) is 0 Å². The number of nitrogens with zero attached hydrogens (tertiary/aromatic N) is 1. The van der Waals surface area contributed by atoms with E-state index < -0.39 is 16.9 Å². The number of nitro groups is 1. The van der Waals surface area contributed by atoms with Gasteiger partial charge in [0, 0.05) is 11.8 Å². The summed E-state index contributed by atoms with van der Waals surface area (Å²) in [5.74, 6) is -0.426. The Morgan fingerprint density at radius 3 is 2.00 bits per heavy atom. The van der Waals surface area contributed by atoms with Gasteiger partial charge in [-0.1, -0.05) is 13.8 Å². The summed E-state index contributed by atoms with van der Waals surface area (Å²) in [6.45, 7) is 5.01. The Kier molecular flexibility index (Phi) is 1.34. The lowest BCUT2D eigenvalue weighted by atomic mass is 10.1. The molecule has 62 valence electrons. The van der Waals surface area contributed by atoms with Gasteiger partial charge < -0.3 is 4.79 Å². The second-order valence-electron chi connectivity index (χ2n) is 3.74. The van der Waals surface area contributed by atoms with E-state index in [1.807, 2.05) is 0 Å². The lowest BCUT2D eigenvalue weighted by Crippen LogP contribution is -2.24. The lowest BCUT2D eigenvalue weighted by molar-refractivity contribution is -0.543. The molecule has 2 atom stereocenters. The average molecular weight is 157 g/mol. The van der Waals surface area contributed by atoms with Crippen molar-refractivity contribution in [3.8, 4) is 0 Å². The maximum absolute atomic E-state index is 10.5. The quantitative estimate of drug-likeness (QED) is 0.339. The molecule has 0 heterocycles. The Balaban J connectivity index is 2.95. The first-order valence-electron chi connectivity index (χ1n) is 3.49. The first-order valence-corrected chi connectivity index (χ1v) is 3.49. The molecule has 0 amide bonds. The predicted octanol–water partition coefficient (Wildman–Crippen LogP) is 0.877. The maximum Gasteiger partial charge on any atom is 0.235 e. The molecular weight excluding hydrogens is 146 g/mol. The highest BCUT2D eigenvalue weighted by Crippen LogP contribution is 2.62. The number of hydrogen-bond donors (Lipinski definition) is 0. The second-order valence-corrected chi connectivity index (χ2v) is 3.74. The molecule has 0 aromatic rings. The van der Waals surface area contributed by atoms with Crippen molar-refractivity contribution in [2.45, 2.75) is 26.3 Å². The molecule has 4 nitrogen and oxygen atoms in total. The summed E-state index contributed by atoms with van der Waals surface area (Å²) in [5, 5.41) is 10.5. The Hall–Kier alpha value is -0.930. The van der Waals surface area contributed by atoms with Gasteiger partial charge in [-0.3, -0.25) is 10.1 Å². The molecule has 11 heavy (non-hydrogen) atoms. The summed E-state index contributed by atoms with van der Waals surface area (Å²) in [4.78, 5) is 20.6. The molecule has 0 spiro atoms. The molecule has 4 heteroatoms. The smallest absolute Gasteiger partial charge is 0.235 e. The van der Waals surface area contributed by atoms with Gasteiger partial charge in [0.05, 0.1) is 11.3 Å². The van der Waals surface area contributed by atoms with Gasteiger partial charge in [0.2, 0.25) is 5.54 Å². The molecule has 0 aromatic carbocycles. The highest BCUT2D eigenvalue weighted by atomic mass is 16.6. The monoisotopic (exact) mass is 157 g/mol. The number of carbonyl (C=O) groups excluding carboxylic acids is 1. The average Bonchev–Trinajstić information content (AvgIpc) is 2.29. The highest BCUT2D eigenvalue weighted by Gasteiger charge is 2.78. The van der Waals surface area contributed by atoms with E-state index in [2.05, 4.69) is 0 Å². The summed E-state index contributed by atoms with van der Waals surface area (Å²) >= 11 is 0.